The predicted molar refractivity (Wildman–Crippen MR) is 92.1 cm³/mol. The molecule has 0 aliphatic carbocycles. The molecule has 1 N–H and O–H groups in total. The van der Waals surface area contributed by atoms with Crippen molar-refractivity contribution < 1.29 is 9.90 Å². The van der Waals surface area contributed by atoms with Crippen molar-refractivity contribution in [3.63, 3.8) is 0 Å². The Kier molecular flexibility index (Phi) is 6.32. The normalized spacial score (nSPS) is 10.8. The van der Waals surface area contributed by atoms with E-state index >= 15 is 0 Å². The van der Waals surface area contributed by atoms with Gasteiger partial charge < -0.3 is 10.0 Å². The maximum atomic E-state index is 11.9. The van der Waals surface area contributed by atoms with E-state index in [4.69, 9.17) is 0 Å². The van der Waals surface area contributed by atoms with Crippen LogP contribution in [-0.4, -0.2) is 48.1 Å². The number of amides is 1. The fraction of sp³-hybridized carbons (Fsp3) is 0.316. The molecule has 0 saturated heterocycles. The molecule has 122 valence electrons. The zero-order valence-electron chi connectivity index (χ0n) is 13.8. The zero-order valence-corrected chi connectivity index (χ0v) is 13.8. The molecule has 23 heavy (non-hydrogen) atoms. The lowest BCUT2D eigenvalue weighted by atomic mass is 10.1. The molecule has 0 aromatic heterocycles. The van der Waals surface area contributed by atoms with Crippen molar-refractivity contribution in [3.8, 4) is 0 Å². The van der Waals surface area contributed by atoms with Gasteiger partial charge in [0.05, 0.1) is 6.61 Å². The highest BCUT2D eigenvalue weighted by molar-refractivity contribution is 5.93. The molecule has 2 aromatic rings. The monoisotopic (exact) mass is 312 g/mol. The smallest absolute Gasteiger partial charge is 0.253 e. The highest BCUT2D eigenvalue weighted by Crippen LogP contribution is 2.12. The van der Waals surface area contributed by atoms with E-state index in [-0.39, 0.29) is 12.5 Å². The van der Waals surface area contributed by atoms with Gasteiger partial charge >= 0.3 is 0 Å². The van der Waals surface area contributed by atoms with E-state index in [1.54, 1.807) is 19.0 Å². The highest BCUT2D eigenvalue weighted by Gasteiger charge is 2.09. The molecule has 0 radical (unpaired) electrons. The van der Waals surface area contributed by atoms with Crippen LogP contribution in [0.4, 0.5) is 0 Å². The molecule has 0 fully saturated rings. The van der Waals surface area contributed by atoms with Crippen LogP contribution < -0.4 is 0 Å². The van der Waals surface area contributed by atoms with Crippen molar-refractivity contribution in [1.82, 2.24) is 9.80 Å². The summed E-state index contributed by atoms with van der Waals surface area (Å²) < 4.78 is 0. The minimum Gasteiger partial charge on any atom is -0.395 e. The topological polar surface area (TPSA) is 43.8 Å². The van der Waals surface area contributed by atoms with Crippen LogP contribution in [0.15, 0.2) is 54.6 Å². The highest BCUT2D eigenvalue weighted by atomic mass is 16.3. The fourth-order valence-electron chi connectivity index (χ4n) is 2.47. The molecule has 2 aromatic carbocycles. The Hall–Kier alpha value is -2.17. The van der Waals surface area contributed by atoms with E-state index in [0.29, 0.717) is 12.1 Å². The van der Waals surface area contributed by atoms with Crippen LogP contribution in [0.2, 0.25) is 0 Å². The minimum atomic E-state index is 0.00745. The molecule has 0 bridgehead atoms. The van der Waals surface area contributed by atoms with E-state index in [1.807, 2.05) is 42.5 Å². The van der Waals surface area contributed by atoms with Gasteiger partial charge in [-0.05, 0) is 23.3 Å². The summed E-state index contributed by atoms with van der Waals surface area (Å²) in [6.45, 7) is 2.28. The molecule has 4 nitrogen and oxygen atoms in total. The van der Waals surface area contributed by atoms with Gasteiger partial charge in [-0.2, -0.15) is 0 Å². The molecule has 0 atom stereocenters. The van der Waals surface area contributed by atoms with Crippen molar-refractivity contribution in [2.45, 2.75) is 13.1 Å². The first-order valence-corrected chi connectivity index (χ1v) is 7.78. The average Bonchev–Trinajstić information content (AvgIpc) is 2.56. The van der Waals surface area contributed by atoms with Gasteiger partial charge in [0.2, 0.25) is 0 Å². The predicted octanol–water partition coefficient (Wildman–Crippen LogP) is 2.38. The van der Waals surface area contributed by atoms with Crippen molar-refractivity contribution in [2.75, 3.05) is 27.2 Å². The number of carbonyl (C=O) groups is 1. The van der Waals surface area contributed by atoms with Crippen LogP contribution in [0.1, 0.15) is 21.5 Å². The molecule has 0 aliphatic rings. The largest absolute Gasteiger partial charge is 0.395 e. The van der Waals surface area contributed by atoms with Gasteiger partial charge in [0.1, 0.15) is 0 Å². The third-order valence-corrected chi connectivity index (χ3v) is 3.68. The summed E-state index contributed by atoms with van der Waals surface area (Å²) in [6.07, 6.45) is 0. The lowest BCUT2D eigenvalue weighted by Gasteiger charge is -2.21. The van der Waals surface area contributed by atoms with E-state index in [2.05, 4.69) is 17.0 Å². The third kappa shape index (κ3) is 5.20. The van der Waals surface area contributed by atoms with Gasteiger partial charge in [-0.15, -0.1) is 0 Å². The van der Waals surface area contributed by atoms with Crippen LogP contribution in [0.25, 0.3) is 0 Å². The van der Waals surface area contributed by atoms with E-state index in [0.717, 1.165) is 18.7 Å². The van der Waals surface area contributed by atoms with Crippen LogP contribution in [-0.2, 0) is 13.1 Å². The van der Waals surface area contributed by atoms with Crippen molar-refractivity contribution >= 4 is 5.91 Å². The first kappa shape index (κ1) is 17.2. The van der Waals surface area contributed by atoms with Gasteiger partial charge in [0.15, 0.2) is 0 Å². The first-order chi connectivity index (χ1) is 11.1. The number of carbonyl (C=O) groups excluding carboxylic acids is 1. The SMILES string of the molecule is CN(C)C(=O)c1ccc(CN(CCO)Cc2ccccc2)cc1. The Morgan fingerprint density at radius 2 is 1.48 bits per heavy atom. The molecule has 2 rings (SSSR count). The second-order valence-electron chi connectivity index (χ2n) is 5.82. The average molecular weight is 312 g/mol. The summed E-state index contributed by atoms with van der Waals surface area (Å²) in [7, 11) is 3.50. The van der Waals surface area contributed by atoms with Gasteiger partial charge in [0.25, 0.3) is 5.91 Å². The zero-order chi connectivity index (χ0) is 16.7. The summed E-state index contributed by atoms with van der Waals surface area (Å²) >= 11 is 0. The fourth-order valence-corrected chi connectivity index (χ4v) is 2.47. The Bertz CT molecular complexity index is 609. The summed E-state index contributed by atoms with van der Waals surface area (Å²) in [5, 5.41) is 9.28. The van der Waals surface area contributed by atoms with Crippen molar-refractivity contribution in [3.05, 3.63) is 71.3 Å². The third-order valence-electron chi connectivity index (χ3n) is 3.68. The molecular formula is C19H24N2O2. The van der Waals surface area contributed by atoms with E-state index in [9.17, 15) is 9.90 Å². The van der Waals surface area contributed by atoms with Crippen LogP contribution in [0, 0.1) is 0 Å². The summed E-state index contributed by atoms with van der Waals surface area (Å²) in [4.78, 5) is 15.7. The Balaban J connectivity index is 2.03. The number of nitrogens with zero attached hydrogens (tertiary/aromatic N) is 2. The number of hydrogen-bond donors (Lipinski definition) is 1. The van der Waals surface area contributed by atoms with Crippen LogP contribution in [0.3, 0.4) is 0 Å². The Morgan fingerprint density at radius 3 is 2.00 bits per heavy atom. The van der Waals surface area contributed by atoms with Gasteiger partial charge in [0, 0.05) is 39.3 Å². The number of aliphatic hydroxyl groups excluding tert-OH is 1. The van der Waals surface area contributed by atoms with Crippen LogP contribution >= 0.6 is 0 Å². The van der Waals surface area contributed by atoms with Crippen LogP contribution in [0.5, 0.6) is 0 Å². The number of aliphatic hydroxyl groups is 1. The molecule has 0 saturated carbocycles. The summed E-state index contributed by atoms with van der Waals surface area (Å²) in [5.74, 6) is 0.00745. The summed E-state index contributed by atoms with van der Waals surface area (Å²) in [5.41, 5.74) is 3.04. The summed E-state index contributed by atoms with van der Waals surface area (Å²) in [6, 6.07) is 17.9. The molecule has 1 amide bonds. The molecule has 0 spiro atoms. The second-order valence-corrected chi connectivity index (χ2v) is 5.82. The van der Waals surface area contributed by atoms with Crippen molar-refractivity contribution in [2.24, 2.45) is 0 Å². The van der Waals surface area contributed by atoms with Gasteiger partial charge in [-0.25, -0.2) is 0 Å². The maximum absolute atomic E-state index is 11.9. The minimum absolute atomic E-state index is 0.00745. The Morgan fingerprint density at radius 1 is 0.913 bits per heavy atom. The molecule has 0 unspecified atom stereocenters. The lowest BCUT2D eigenvalue weighted by molar-refractivity contribution is 0.0827. The first-order valence-electron chi connectivity index (χ1n) is 7.78. The number of benzene rings is 2. The van der Waals surface area contributed by atoms with Gasteiger partial charge in [-0.3, -0.25) is 9.69 Å². The number of hydrogen-bond acceptors (Lipinski definition) is 3. The molecule has 0 heterocycles. The van der Waals surface area contributed by atoms with E-state index in [1.165, 1.54) is 5.56 Å². The molecule has 0 aliphatic heterocycles. The Labute approximate surface area is 138 Å². The van der Waals surface area contributed by atoms with E-state index < -0.39 is 0 Å². The molecular weight excluding hydrogens is 288 g/mol. The molecule has 4 heteroatoms. The standard InChI is InChI=1S/C19H24N2O2/c1-20(2)19(23)18-10-8-17(9-11-18)15-21(12-13-22)14-16-6-4-3-5-7-16/h3-11,22H,12-15H2,1-2H3. The van der Waals surface area contributed by atoms with Crippen molar-refractivity contribution in [1.29, 1.82) is 0 Å². The quantitative estimate of drug-likeness (QED) is 0.854. The lowest BCUT2D eigenvalue weighted by Crippen LogP contribution is -2.26. The van der Waals surface area contributed by atoms with Gasteiger partial charge in [-0.1, -0.05) is 42.5 Å². The number of rotatable bonds is 7. The maximum Gasteiger partial charge on any atom is 0.253 e. The second kappa shape index (κ2) is 8.46.